The smallest absolute Gasteiger partial charge is 0.255 e. The first-order valence-electron chi connectivity index (χ1n) is 10.4. The number of hydrogen-bond acceptors (Lipinski definition) is 7. The van der Waals surface area contributed by atoms with E-state index in [-0.39, 0.29) is 18.6 Å². The number of nitrogens with two attached hydrogens (primary N) is 1. The Labute approximate surface area is 196 Å². The topological polar surface area (TPSA) is 96.8 Å². The van der Waals surface area contributed by atoms with Gasteiger partial charge in [0.25, 0.3) is 5.91 Å². The van der Waals surface area contributed by atoms with E-state index in [9.17, 15) is 4.79 Å². The number of para-hydroxylation sites is 1. The molecule has 0 aliphatic carbocycles. The van der Waals surface area contributed by atoms with E-state index >= 15 is 0 Å². The number of nitrogens with zero attached hydrogens (tertiary/aromatic N) is 1. The van der Waals surface area contributed by atoms with E-state index < -0.39 is 5.91 Å². The summed E-state index contributed by atoms with van der Waals surface area (Å²) in [6, 6.07) is 13.1. The van der Waals surface area contributed by atoms with Crippen LogP contribution in [0.15, 0.2) is 52.3 Å². The Morgan fingerprint density at radius 3 is 2.67 bits per heavy atom. The van der Waals surface area contributed by atoms with Gasteiger partial charge in [-0.1, -0.05) is 32.9 Å². The second kappa shape index (κ2) is 9.15. The molecule has 2 aromatic carbocycles. The minimum atomic E-state index is -0.566. The molecule has 0 atom stereocenters. The van der Waals surface area contributed by atoms with Gasteiger partial charge >= 0.3 is 0 Å². The summed E-state index contributed by atoms with van der Waals surface area (Å²) in [5.74, 6) is 1.78. The molecule has 8 heteroatoms. The molecule has 1 amide bonds. The van der Waals surface area contributed by atoms with E-state index in [4.69, 9.17) is 29.3 Å². The molecule has 2 N–H and O–H groups in total. The zero-order valence-electron chi connectivity index (χ0n) is 19.0. The summed E-state index contributed by atoms with van der Waals surface area (Å²) in [6.45, 7) is 6.40. The zero-order chi connectivity index (χ0) is 23.6. The Balaban J connectivity index is 1.54. The quantitative estimate of drug-likeness (QED) is 0.378. The van der Waals surface area contributed by atoms with Crippen molar-refractivity contribution in [2.24, 2.45) is 5.73 Å². The number of carbonyl (C=O) groups excluding carboxylic acids is 1. The van der Waals surface area contributed by atoms with Crippen molar-refractivity contribution in [3.63, 3.8) is 0 Å². The van der Waals surface area contributed by atoms with Crippen molar-refractivity contribution in [3.8, 4) is 28.0 Å². The Hall–Kier alpha value is -3.52. The van der Waals surface area contributed by atoms with Crippen LogP contribution in [-0.2, 0) is 16.8 Å². The molecular formula is C25H26N2O5S. The van der Waals surface area contributed by atoms with Crippen molar-refractivity contribution in [2.45, 2.75) is 32.8 Å². The van der Waals surface area contributed by atoms with Gasteiger partial charge in [0.2, 0.25) is 0 Å². The molecule has 0 radical (unpaired) electrons. The average molecular weight is 467 g/mol. The summed E-state index contributed by atoms with van der Waals surface area (Å²) in [6.07, 6.45) is 0. The Kier molecular flexibility index (Phi) is 6.29. The number of carbonyl (C=O) groups is 1. The lowest BCUT2D eigenvalue weighted by Gasteiger charge is -2.15. The van der Waals surface area contributed by atoms with E-state index in [1.807, 2.05) is 36.4 Å². The first kappa shape index (κ1) is 22.7. The Morgan fingerprint density at radius 2 is 1.97 bits per heavy atom. The molecule has 0 saturated heterocycles. The number of aromatic nitrogens is 1. The van der Waals surface area contributed by atoms with Crippen LogP contribution in [0.4, 0.5) is 0 Å². The molecule has 0 saturated carbocycles. The van der Waals surface area contributed by atoms with Gasteiger partial charge in [-0.05, 0) is 30.3 Å². The molecule has 4 aromatic rings. The number of hydrogen-bond donors (Lipinski definition) is 1. The fourth-order valence-corrected chi connectivity index (χ4v) is 4.25. The summed E-state index contributed by atoms with van der Waals surface area (Å²) in [7, 11) is 1.54. The van der Waals surface area contributed by atoms with Crippen molar-refractivity contribution in [1.82, 2.24) is 4.98 Å². The van der Waals surface area contributed by atoms with Crippen LogP contribution in [0.2, 0.25) is 0 Å². The predicted octanol–water partition coefficient (Wildman–Crippen LogP) is 5.31. The maximum Gasteiger partial charge on any atom is 0.255 e. The van der Waals surface area contributed by atoms with Crippen LogP contribution in [0.1, 0.15) is 32.0 Å². The summed E-state index contributed by atoms with van der Waals surface area (Å²) >= 11 is 1.57. The molecule has 4 rings (SSSR count). The minimum absolute atomic E-state index is 0.0120. The third-order valence-corrected chi connectivity index (χ3v) is 5.86. The fraction of sp³-hybridized carbons (Fsp3) is 0.280. The number of methoxy groups -OCH3 is 1. The summed E-state index contributed by atoms with van der Waals surface area (Å²) < 4.78 is 22.9. The van der Waals surface area contributed by atoms with E-state index in [0.29, 0.717) is 17.2 Å². The standard InChI is InChI=1S/C25H26N2O5S/c1-25(2,3)21-14-33-24(27-21)20-11-16-10-17(8-9-18(16)32-20)30-12-15-6-5-7-19(29-4)23(15)31-13-22(26)28/h5-11,14H,12-13H2,1-4H3,(H2,26,28). The van der Waals surface area contributed by atoms with E-state index in [1.165, 1.54) is 7.11 Å². The van der Waals surface area contributed by atoms with E-state index in [2.05, 4.69) is 26.2 Å². The van der Waals surface area contributed by atoms with Gasteiger partial charge in [-0.2, -0.15) is 0 Å². The second-order valence-electron chi connectivity index (χ2n) is 8.59. The molecule has 172 valence electrons. The van der Waals surface area contributed by atoms with Gasteiger partial charge in [-0.15, -0.1) is 11.3 Å². The number of benzene rings is 2. The van der Waals surface area contributed by atoms with Crippen molar-refractivity contribution in [3.05, 3.63) is 59.1 Å². The third-order valence-electron chi connectivity index (χ3n) is 5.00. The highest BCUT2D eigenvalue weighted by Gasteiger charge is 2.19. The van der Waals surface area contributed by atoms with Crippen LogP contribution in [-0.4, -0.2) is 24.6 Å². The van der Waals surface area contributed by atoms with Crippen molar-refractivity contribution >= 4 is 28.2 Å². The van der Waals surface area contributed by atoms with Crippen LogP contribution in [0.3, 0.4) is 0 Å². The lowest BCUT2D eigenvalue weighted by Crippen LogP contribution is -2.20. The Bertz CT molecular complexity index is 1290. The van der Waals surface area contributed by atoms with Crippen LogP contribution in [0.5, 0.6) is 17.2 Å². The number of amides is 1. The van der Waals surface area contributed by atoms with Crippen LogP contribution >= 0.6 is 11.3 Å². The van der Waals surface area contributed by atoms with Gasteiger partial charge in [0, 0.05) is 21.7 Å². The second-order valence-corrected chi connectivity index (χ2v) is 9.45. The highest BCUT2D eigenvalue weighted by molar-refractivity contribution is 7.13. The Morgan fingerprint density at radius 1 is 1.15 bits per heavy atom. The van der Waals surface area contributed by atoms with Crippen molar-refractivity contribution in [2.75, 3.05) is 13.7 Å². The molecule has 2 heterocycles. The number of primary amides is 1. The number of fused-ring (bicyclic) bond motifs is 1. The predicted molar refractivity (Wildman–Crippen MR) is 128 cm³/mol. The van der Waals surface area contributed by atoms with Crippen LogP contribution < -0.4 is 19.9 Å². The number of thiazole rings is 1. The maximum atomic E-state index is 11.2. The zero-order valence-corrected chi connectivity index (χ0v) is 19.8. The van der Waals surface area contributed by atoms with Gasteiger partial charge in [0.15, 0.2) is 28.9 Å². The monoisotopic (exact) mass is 466 g/mol. The molecule has 0 spiro atoms. The molecular weight excluding hydrogens is 440 g/mol. The molecule has 2 aromatic heterocycles. The third kappa shape index (κ3) is 5.12. The first-order valence-corrected chi connectivity index (χ1v) is 11.3. The van der Waals surface area contributed by atoms with Crippen LogP contribution in [0, 0.1) is 0 Å². The highest BCUT2D eigenvalue weighted by Crippen LogP contribution is 2.35. The first-order chi connectivity index (χ1) is 15.7. The molecule has 0 fully saturated rings. The molecule has 33 heavy (non-hydrogen) atoms. The van der Waals surface area contributed by atoms with Gasteiger partial charge in [-0.3, -0.25) is 4.79 Å². The summed E-state index contributed by atoms with van der Waals surface area (Å²) in [5, 5.41) is 3.85. The number of ether oxygens (including phenoxy) is 3. The van der Waals surface area contributed by atoms with E-state index in [1.54, 1.807) is 17.4 Å². The fourth-order valence-electron chi connectivity index (χ4n) is 3.25. The summed E-state index contributed by atoms with van der Waals surface area (Å²) in [5.41, 5.74) is 7.74. The normalized spacial score (nSPS) is 11.5. The molecule has 7 nitrogen and oxygen atoms in total. The van der Waals surface area contributed by atoms with E-state index in [0.717, 1.165) is 33.0 Å². The van der Waals surface area contributed by atoms with Gasteiger partial charge in [0.05, 0.1) is 12.8 Å². The molecule has 0 aliphatic rings. The minimum Gasteiger partial charge on any atom is -0.493 e. The number of furan rings is 1. The van der Waals surface area contributed by atoms with Gasteiger partial charge in [-0.25, -0.2) is 4.98 Å². The lowest BCUT2D eigenvalue weighted by molar-refractivity contribution is -0.120. The molecule has 0 aliphatic heterocycles. The molecule has 0 bridgehead atoms. The highest BCUT2D eigenvalue weighted by atomic mass is 32.1. The van der Waals surface area contributed by atoms with Gasteiger partial charge < -0.3 is 24.4 Å². The van der Waals surface area contributed by atoms with Crippen molar-refractivity contribution in [1.29, 1.82) is 0 Å². The molecule has 0 unspecified atom stereocenters. The summed E-state index contributed by atoms with van der Waals surface area (Å²) in [4.78, 5) is 15.9. The van der Waals surface area contributed by atoms with Crippen LogP contribution in [0.25, 0.3) is 21.7 Å². The van der Waals surface area contributed by atoms with Crippen molar-refractivity contribution < 1.29 is 23.4 Å². The average Bonchev–Trinajstić information content (AvgIpc) is 3.42. The number of rotatable bonds is 8. The maximum absolute atomic E-state index is 11.2. The largest absolute Gasteiger partial charge is 0.493 e. The van der Waals surface area contributed by atoms with Gasteiger partial charge in [0.1, 0.15) is 17.9 Å². The SMILES string of the molecule is COc1cccc(COc2ccc3oc(-c4nc(C(C)(C)C)cs4)cc3c2)c1OCC(N)=O. The lowest BCUT2D eigenvalue weighted by atomic mass is 9.93.